The van der Waals surface area contributed by atoms with Crippen LogP contribution in [0.25, 0.3) is 6.08 Å². The molecule has 0 radical (unpaired) electrons. The van der Waals surface area contributed by atoms with Crippen molar-refractivity contribution < 1.29 is 19.4 Å². The molecular formula is C19H17Br2NO4. The predicted octanol–water partition coefficient (Wildman–Crippen LogP) is 4.66. The van der Waals surface area contributed by atoms with Gasteiger partial charge < -0.3 is 15.2 Å². The van der Waals surface area contributed by atoms with Crippen LogP contribution in [0.2, 0.25) is 0 Å². The predicted molar refractivity (Wildman–Crippen MR) is 107 cm³/mol. The molecule has 26 heavy (non-hydrogen) atoms. The molecule has 2 aromatic rings. The molecule has 0 spiro atoms. The van der Waals surface area contributed by atoms with Crippen molar-refractivity contribution in [2.24, 2.45) is 0 Å². The zero-order valence-corrected chi connectivity index (χ0v) is 17.3. The van der Waals surface area contributed by atoms with Crippen molar-refractivity contribution in [3.05, 3.63) is 67.7 Å². The van der Waals surface area contributed by atoms with Gasteiger partial charge in [-0.2, -0.15) is 0 Å². The molecule has 2 rings (SSSR count). The van der Waals surface area contributed by atoms with E-state index in [1.165, 1.54) is 13.0 Å². The van der Waals surface area contributed by atoms with Crippen molar-refractivity contribution in [1.29, 1.82) is 0 Å². The number of amides is 1. The van der Waals surface area contributed by atoms with Crippen LogP contribution in [0.4, 0.5) is 0 Å². The number of nitrogens with one attached hydrogen (secondary N) is 1. The molecule has 136 valence electrons. The number of carboxylic acids is 1. The van der Waals surface area contributed by atoms with Crippen molar-refractivity contribution >= 4 is 49.8 Å². The fourth-order valence-electron chi connectivity index (χ4n) is 2.23. The molecule has 0 aliphatic rings. The maximum absolute atomic E-state index is 11.2. The average molecular weight is 483 g/mol. The van der Waals surface area contributed by atoms with Crippen LogP contribution in [0.1, 0.15) is 23.6 Å². The van der Waals surface area contributed by atoms with Gasteiger partial charge in [-0.25, -0.2) is 4.79 Å². The van der Waals surface area contributed by atoms with Gasteiger partial charge in [0.2, 0.25) is 5.91 Å². The van der Waals surface area contributed by atoms with E-state index in [0.717, 1.165) is 11.1 Å². The summed E-state index contributed by atoms with van der Waals surface area (Å²) in [5.41, 5.74) is 2.61. The SMILES string of the molecule is CC(=O)NC(=Cc1cc(Br)c(OCc2ccccc2C)c(Br)c1)C(=O)O. The Balaban J connectivity index is 2.26. The van der Waals surface area contributed by atoms with Crippen LogP contribution in [0, 0.1) is 6.92 Å². The maximum atomic E-state index is 11.2. The highest BCUT2D eigenvalue weighted by Crippen LogP contribution is 2.36. The van der Waals surface area contributed by atoms with Gasteiger partial charge in [-0.05, 0) is 73.7 Å². The molecule has 0 aliphatic carbocycles. The summed E-state index contributed by atoms with van der Waals surface area (Å²) in [5, 5.41) is 11.5. The Bertz CT molecular complexity index is 855. The molecule has 0 aliphatic heterocycles. The van der Waals surface area contributed by atoms with Crippen molar-refractivity contribution in [3.63, 3.8) is 0 Å². The lowest BCUT2D eigenvalue weighted by Crippen LogP contribution is -2.24. The Labute approximate surface area is 168 Å². The maximum Gasteiger partial charge on any atom is 0.352 e. The van der Waals surface area contributed by atoms with Crippen LogP contribution in [0.3, 0.4) is 0 Å². The number of aryl methyl sites for hydroxylation is 1. The van der Waals surface area contributed by atoms with E-state index in [2.05, 4.69) is 37.2 Å². The first-order valence-electron chi connectivity index (χ1n) is 7.67. The zero-order chi connectivity index (χ0) is 19.3. The molecule has 2 N–H and O–H groups in total. The first kappa shape index (κ1) is 20.2. The lowest BCUT2D eigenvalue weighted by atomic mass is 10.1. The number of aliphatic carboxylic acids is 1. The number of rotatable bonds is 6. The third kappa shape index (κ3) is 5.44. The topological polar surface area (TPSA) is 75.6 Å². The summed E-state index contributed by atoms with van der Waals surface area (Å²) in [6.07, 6.45) is 1.38. The summed E-state index contributed by atoms with van der Waals surface area (Å²) in [6.45, 7) is 3.68. The first-order chi connectivity index (χ1) is 12.3. The second kappa shape index (κ2) is 9.00. The molecule has 0 unspecified atom stereocenters. The highest BCUT2D eigenvalue weighted by atomic mass is 79.9. The summed E-state index contributed by atoms with van der Waals surface area (Å²) in [7, 11) is 0. The molecule has 0 aromatic heterocycles. The standard InChI is InChI=1S/C19H17Br2NO4/c1-11-5-3-4-6-14(11)10-26-18-15(20)7-13(8-16(18)21)9-17(19(24)25)22-12(2)23/h3-9H,10H2,1-2H3,(H,22,23)(H,24,25). The summed E-state index contributed by atoms with van der Waals surface area (Å²) in [4.78, 5) is 22.4. The van der Waals surface area contributed by atoms with Crippen molar-refractivity contribution in [2.45, 2.75) is 20.5 Å². The summed E-state index contributed by atoms with van der Waals surface area (Å²) < 4.78 is 7.24. The second-order valence-corrected chi connectivity index (χ2v) is 7.28. The van der Waals surface area contributed by atoms with Crippen LogP contribution in [0.15, 0.2) is 51.0 Å². The Hall–Kier alpha value is -2.12. The van der Waals surface area contributed by atoms with E-state index in [1.807, 2.05) is 31.2 Å². The Morgan fingerprint density at radius 3 is 2.35 bits per heavy atom. The van der Waals surface area contributed by atoms with Gasteiger partial charge in [0.15, 0.2) is 0 Å². The number of halogens is 2. The van der Waals surface area contributed by atoms with Gasteiger partial charge in [0, 0.05) is 6.92 Å². The van der Waals surface area contributed by atoms with Crippen LogP contribution in [0.5, 0.6) is 5.75 Å². The number of carbonyl (C=O) groups excluding carboxylic acids is 1. The Morgan fingerprint density at radius 1 is 1.19 bits per heavy atom. The van der Waals surface area contributed by atoms with Crippen LogP contribution >= 0.6 is 31.9 Å². The monoisotopic (exact) mass is 481 g/mol. The van der Waals surface area contributed by atoms with Gasteiger partial charge in [0.1, 0.15) is 18.1 Å². The second-order valence-electron chi connectivity index (χ2n) is 5.57. The van der Waals surface area contributed by atoms with E-state index in [0.29, 0.717) is 26.9 Å². The zero-order valence-electron chi connectivity index (χ0n) is 14.2. The molecular weight excluding hydrogens is 466 g/mol. The molecule has 0 fully saturated rings. The minimum atomic E-state index is -1.22. The molecule has 0 heterocycles. The average Bonchev–Trinajstić information content (AvgIpc) is 2.54. The molecule has 0 saturated heterocycles. The first-order valence-corrected chi connectivity index (χ1v) is 9.25. The van der Waals surface area contributed by atoms with Crippen molar-refractivity contribution in [1.82, 2.24) is 5.32 Å². The number of carbonyl (C=O) groups is 2. The summed E-state index contributed by atoms with van der Waals surface area (Å²) in [6, 6.07) is 11.4. The van der Waals surface area contributed by atoms with E-state index in [-0.39, 0.29) is 5.70 Å². The van der Waals surface area contributed by atoms with Gasteiger partial charge in [-0.1, -0.05) is 24.3 Å². The highest BCUT2D eigenvalue weighted by molar-refractivity contribution is 9.11. The fourth-order valence-corrected chi connectivity index (χ4v) is 3.68. The van der Waals surface area contributed by atoms with Crippen LogP contribution < -0.4 is 10.1 Å². The highest BCUT2D eigenvalue weighted by Gasteiger charge is 2.13. The quantitative estimate of drug-likeness (QED) is 0.587. The minimum absolute atomic E-state index is 0.204. The van der Waals surface area contributed by atoms with E-state index in [4.69, 9.17) is 4.74 Å². The number of hydrogen-bond acceptors (Lipinski definition) is 3. The van der Waals surface area contributed by atoms with E-state index in [1.54, 1.807) is 12.1 Å². The molecule has 0 atom stereocenters. The molecule has 2 aromatic carbocycles. The van der Waals surface area contributed by atoms with Crippen LogP contribution in [-0.2, 0) is 16.2 Å². The normalized spacial score (nSPS) is 11.2. The Kier molecular flexibility index (Phi) is 6.99. The Morgan fingerprint density at radius 2 is 1.81 bits per heavy atom. The van der Waals surface area contributed by atoms with Gasteiger partial charge in [0.25, 0.3) is 0 Å². The smallest absolute Gasteiger partial charge is 0.352 e. The number of hydrogen-bond donors (Lipinski definition) is 2. The summed E-state index contributed by atoms with van der Waals surface area (Å²) >= 11 is 6.90. The third-order valence-corrected chi connectivity index (χ3v) is 4.68. The molecule has 5 nitrogen and oxygen atoms in total. The third-order valence-electron chi connectivity index (χ3n) is 3.51. The lowest BCUT2D eigenvalue weighted by Gasteiger charge is -2.13. The van der Waals surface area contributed by atoms with Gasteiger partial charge in [0.05, 0.1) is 8.95 Å². The van der Waals surface area contributed by atoms with E-state index < -0.39 is 11.9 Å². The van der Waals surface area contributed by atoms with Crippen molar-refractivity contribution in [3.8, 4) is 5.75 Å². The number of benzene rings is 2. The van der Waals surface area contributed by atoms with E-state index >= 15 is 0 Å². The summed E-state index contributed by atoms with van der Waals surface area (Å²) in [5.74, 6) is -1.05. The van der Waals surface area contributed by atoms with Crippen molar-refractivity contribution in [2.75, 3.05) is 0 Å². The van der Waals surface area contributed by atoms with Gasteiger partial charge in [-0.3, -0.25) is 4.79 Å². The molecule has 1 amide bonds. The van der Waals surface area contributed by atoms with Gasteiger partial charge >= 0.3 is 5.97 Å². The van der Waals surface area contributed by atoms with E-state index in [9.17, 15) is 14.7 Å². The minimum Gasteiger partial charge on any atom is -0.487 e. The fraction of sp³-hybridized carbons (Fsp3) is 0.158. The molecule has 0 bridgehead atoms. The van der Waals surface area contributed by atoms with Crippen LogP contribution in [-0.4, -0.2) is 17.0 Å². The molecule has 0 saturated carbocycles. The van der Waals surface area contributed by atoms with Gasteiger partial charge in [-0.15, -0.1) is 0 Å². The largest absolute Gasteiger partial charge is 0.487 e. The lowest BCUT2D eigenvalue weighted by molar-refractivity contribution is -0.134. The number of carboxylic acid groups (broad SMARTS) is 1. The molecule has 7 heteroatoms. The number of ether oxygens (including phenoxy) is 1.